The van der Waals surface area contributed by atoms with Crippen LogP contribution in [0.1, 0.15) is 58.3 Å². The standard InChI is InChI=1S/C15H23NO2/c1-2-11-5-7-15(17,8-6-11)14(10-16)9-12-3-4-13(14)18-12/h11-13,17H,2-9H2,1H3. The summed E-state index contributed by atoms with van der Waals surface area (Å²) in [6, 6.07) is 2.48. The summed E-state index contributed by atoms with van der Waals surface area (Å²) in [6.45, 7) is 2.22. The Hall–Kier alpha value is -0.590. The largest absolute Gasteiger partial charge is 0.388 e. The second kappa shape index (κ2) is 4.21. The van der Waals surface area contributed by atoms with Crippen LogP contribution in [0.15, 0.2) is 0 Å². The molecular formula is C15H23NO2. The summed E-state index contributed by atoms with van der Waals surface area (Å²) in [5.41, 5.74) is -1.41. The maximum atomic E-state index is 11.1. The number of nitrogens with zero attached hydrogens (tertiary/aromatic N) is 1. The van der Waals surface area contributed by atoms with Gasteiger partial charge in [-0.1, -0.05) is 13.3 Å². The molecule has 0 aromatic carbocycles. The Morgan fingerprint density at radius 2 is 2.00 bits per heavy atom. The molecule has 2 aliphatic heterocycles. The molecule has 100 valence electrons. The zero-order chi connectivity index (χ0) is 12.8. The summed E-state index contributed by atoms with van der Waals surface area (Å²) in [5.74, 6) is 0.737. The number of rotatable bonds is 2. The predicted molar refractivity (Wildman–Crippen MR) is 67.8 cm³/mol. The molecule has 2 saturated heterocycles. The van der Waals surface area contributed by atoms with Crippen LogP contribution in [-0.4, -0.2) is 22.9 Å². The highest BCUT2D eigenvalue weighted by molar-refractivity contribution is 5.21. The summed E-state index contributed by atoms with van der Waals surface area (Å²) >= 11 is 0. The van der Waals surface area contributed by atoms with Gasteiger partial charge in [0.1, 0.15) is 5.41 Å². The number of hydrogen-bond acceptors (Lipinski definition) is 3. The third-order valence-corrected chi connectivity index (χ3v) is 5.75. The first-order valence-electron chi connectivity index (χ1n) is 7.42. The topological polar surface area (TPSA) is 53.2 Å². The van der Waals surface area contributed by atoms with Crippen molar-refractivity contribution in [2.45, 2.75) is 76.1 Å². The number of nitriles is 1. The van der Waals surface area contributed by atoms with Crippen LogP contribution >= 0.6 is 0 Å². The third-order valence-electron chi connectivity index (χ3n) is 5.75. The van der Waals surface area contributed by atoms with E-state index < -0.39 is 11.0 Å². The quantitative estimate of drug-likeness (QED) is 0.818. The van der Waals surface area contributed by atoms with E-state index in [0.717, 1.165) is 50.9 Å². The molecular weight excluding hydrogens is 226 g/mol. The average Bonchev–Trinajstić information content (AvgIpc) is 3.00. The molecule has 3 rings (SSSR count). The molecule has 0 radical (unpaired) electrons. The molecule has 0 amide bonds. The number of hydrogen-bond donors (Lipinski definition) is 1. The molecule has 3 unspecified atom stereocenters. The third kappa shape index (κ3) is 1.55. The van der Waals surface area contributed by atoms with Crippen molar-refractivity contribution in [1.82, 2.24) is 0 Å². The van der Waals surface area contributed by atoms with Gasteiger partial charge in [0, 0.05) is 0 Å². The maximum Gasteiger partial charge on any atom is 0.114 e. The van der Waals surface area contributed by atoms with Crippen LogP contribution in [0.2, 0.25) is 0 Å². The molecule has 3 heteroatoms. The minimum atomic E-state index is -0.798. The summed E-state index contributed by atoms with van der Waals surface area (Å²) in [5, 5.41) is 20.7. The van der Waals surface area contributed by atoms with Gasteiger partial charge in [-0.15, -0.1) is 0 Å². The van der Waals surface area contributed by atoms with Gasteiger partial charge >= 0.3 is 0 Å². The van der Waals surface area contributed by atoms with E-state index in [2.05, 4.69) is 13.0 Å². The zero-order valence-corrected chi connectivity index (χ0v) is 11.2. The van der Waals surface area contributed by atoms with Crippen LogP contribution < -0.4 is 0 Å². The van der Waals surface area contributed by atoms with Gasteiger partial charge in [-0.2, -0.15) is 5.26 Å². The van der Waals surface area contributed by atoms with Crippen LogP contribution in [0, 0.1) is 22.7 Å². The predicted octanol–water partition coefficient (Wildman–Crippen LogP) is 2.78. The Balaban J connectivity index is 1.83. The van der Waals surface area contributed by atoms with E-state index in [4.69, 9.17) is 4.74 Å². The van der Waals surface area contributed by atoms with Crippen molar-refractivity contribution >= 4 is 0 Å². The Bertz CT molecular complexity index is 367. The van der Waals surface area contributed by atoms with E-state index in [0.29, 0.717) is 0 Å². The van der Waals surface area contributed by atoms with E-state index in [9.17, 15) is 10.4 Å². The monoisotopic (exact) mass is 249 g/mol. The lowest BCUT2D eigenvalue weighted by Crippen LogP contribution is -2.54. The molecule has 2 bridgehead atoms. The fourth-order valence-electron chi connectivity index (χ4n) is 4.43. The molecule has 3 aliphatic rings. The van der Waals surface area contributed by atoms with Gasteiger partial charge < -0.3 is 9.84 Å². The highest BCUT2D eigenvalue weighted by Crippen LogP contribution is 2.57. The Labute approximate surface area is 109 Å². The Morgan fingerprint density at radius 1 is 1.28 bits per heavy atom. The number of aliphatic hydroxyl groups is 1. The summed E-state index contributed by atoms with van der Waals surface area (Å²) in [7, 11) is 0. The fraction of sp³-hybridized carbons (Fsp3) is 0.933. The van der Waals surface area contributed by atoms with Crippen LogP contribution in [0.25, 0.3) is 0 Å². The molecule has 0 aromatic heterocycles. The molecule has 3 fully saturated rings. The van der Waals surface area contributed by atoms with Gasteiger partial charge in [-0.05, 0) is 50.9 Å². The SMILES string of the molecule is CCC1CCC(O)(C2(C#N)CC3CCC2O3)CC1. The van der Waals surface area contributed by atoms with Crippen molar-refractivity contribution in [3.63, 3.8) is 0 Å². The van der Waals surface area contributed by atoms with Crippen LogP contribution in [0.5, 0.6) is 0 Å². The van der Waals surface area contributed by atoms with E-state index in [1.54, 1.807) is 0 Å². The molecule has 18 heavy (non-hydrogen) atoms. The lowest BCUT2D eigenvalue weighted by atomic mass is 9.58. The normalized spacial score (nSPS) is 51.3. The van der Waals surface area contributed by atoms with Crippen molar-refractivity contribution in [1.29, 1.82) is 5.26 Å². The van der Waals surface area contributed by atoms with Gasteiger partial charge in [-0.25, -0.2) is 0 Å². The van der Waals surface area contributed by atoms with Gasteiger partial charge in [0.2, 0.25) is 0 Å². The Morgan fingerprint density at radius 3 is 2.44 bits per heavy atom. The van der Waals surface area contributed by atoms with Crippen LogP contribution in [0.4, 0.5) is 0 Å². The number of fused-ring (bicyclic) bond motifs is 2. The summed E-state index contributed by atoms with van der Waals surface area (Å²) in [4.78, 5) is 0. The first-order valence-corrected chi connectivity index (χ1v) is 7.42. The fourth-order valence-corrected chi connectivity index (χ4v) is 4.43. The van der Waals surface area contributed by atoms with Crippen molar-refractivity contribution in [2.24, 2.45) is 11.3 Å². The van der Waals surface area contributed by atoms with Crippen molar-refractivity contribution < 1.29 is 9.84 Å². The highest BCUT2D eigenvalue weighted by Gasteiger charge is 2.63. The molecule has 0 spiro atoms. The number of ether oxygens (including phenoxy) is 1. The van der Waals surface area contributed by atoms with Gasteiger partial charge in [0.05, 0.1) is 23.9 Å². The Kier molecular flexibility index (Phi) is 2.91. The van der Waals surface area contributed by atoms with Crippen LogP contribution in [-0.2, 0) is 4.74 Å². The highest BCUT2D eigenvalue weighted by atomic mass is 16.5. The smallest absolute Gasteiger partial charge is 0.114 e. The van der Waals surface area contributed by atoms with E-state index in [-0.39, 0.29) is 12.2 Å². The lowest BCUT2D eigenvalue weighted by molar-refractivity contribution is -0.114. The van der Waals surface area contributed by atoms with E-state index in [1.165, 1.54) is 6.42 Å². The maximum absolute atomic E-state index is 11.1. The summed E-state index contributed by atoms with van der Waals surface area (Å²) in [6.07, 6.45) is 7.87. The minimum absolute atomic E-state index is 0.0179. The second-order valence-electron chi connectivity index (χ2n) is 6.49. The molecule has 1 N–H and O–H groups in total. The van der Waals surface area contributed by atoms with E-state index >= 15 is 0 Å². The molecule has 2 heterocycles. The van der Waals surface area contributed by atoms with Crippen LogP contribution in [0.3, 0.4) is 0 Å². The van der Waals surface area contributed by atoms with Crippen molar-refractivity contribution in [3.05, 3.63) is 0 Å². The lowest BCUT2D eigenvalue weighted by Gasteiger charge is -2.47. The molecule has 1 aliphatic carbocycles. The van der Waals surface area contributed by atoms with E-state index in [1.807, 2.05) is 0 Å². The summed E-state index contributed by atoms with van der Waals surface area (Å²) < 4.78 is 5.87. The van der Waals surface area contributed by atoms with Gasteiger partial charge in [0.25, 0.3) is 0 Å². The van der Waals surface area contributed by atoms with Crippen molar-refractivity contribution in [3.8, 4) is 6.07 Å². The first-order chi connectivity index (χ1) is 8.63. The second-order valence-corrected chi connectivity index (χ2v) is 6.49. The average molecular weight is 249 g/mol. The van der Waals surface area contributed by atoms with Gasteiger partial charge in [-0.3, -0.25) is 0 Å². The molecule has 3 atom stereocenters. The van der Waals surface area contributed by atoms with Crippen molar-refractivity contribution in [2.75, 3.05) is 0 Å². The molecule has 3 nitrogen and oxygen atoms in total. The zero-order valence-electron chi connectivity index (χ0n) is 11.2. The first kappa shape index (κ1) is 12.4. The minimum Gasteiger partial charge on any atom is -0.388 e. The molecule has 0 aromatic rings. The van der Waals surface area contributed by atoms with Gasteiger partial charge in [0.15, 0.2) is 0 Å². The molecule has 1 saturated carbocycles.